The molecule has 0 saturated carbocycles. The van der Waals surface area contributed by atoms with Gasteiger partial charge in [0.15, 0.2) is 0 Å². The van der Waals surface area contributed by atoms with Gasteiger partial charge in [-0.3, -0.25) is 4.79 Å². The smallest absolute Gasteiger partial charge is 0.311 e. The average molecular weight is 383 g/mol. The van der Waals surface area contributed by atoms with E-state index in [1.54, 1.807) is 6.92 Å². The maximum atomic E-state index is 12.6. The number of carbonyl (C=O) groups is 1. The number of aromatic nitrogens is 1. The van der Waals surface area contributed by atoms with Gasteiger partial charge in [0, 0.05) is 5.56 Å². The Bertz CT molecular complexity index is 1040. The highest BCUT2D eigenvalue weighted by atomic mass is 32.2. The maximum absolute atomic E-state index is 12.6. The van der Waals surface area contributed by atoms with Gasteiger partial charge in [-0.15, -0.1) is 0 Å². The van der Waals surface area contributed by atoms with Crippen LogP contribution in [0.15, 0.2) is 66.7 Å². The van der Waals surface area contributed by atoms with Crippen LogP contribution in [0.2, 0.25) is 0 Å². The lowest BCUT2D eigenvalue weighted by molar-refractivity contribution is -0.142. The van der Waals surface area contributed by atoms with Crippen molar-refractivity contribution in [1.29, 1.82) is 0 Å². The van der Waals surface area contributed by atoms with Gasteiger partial charge in [-0.25, -0.2) is 12.4 Å². The second-order valence-electron chi connectivity index (χ2n) is 6.13. The van der Waals surface area contributed by atoms with Gasteiger partial charge in [-0.05, 0) is 24.1 Å². The molecule has 27 heavy (non-hydrogen) atoms. The Morgan fingerprint density at radius 3 is 2.04 bits per heavy atom. The van der Waals surface area contributed by atoms with Crippen LogP contribution in [-0.4, -0.2) is 31.2 Å². The summed E-state index contributed by atoms with van der Waals surface area (Å²) < 4.78 is 31.6. The topological polar surface area (TPSA) is 65.4 Å². The van der Waals surface area contributed by atoms with E-state index in [1.165, 1.54) is 3.97 Å². The van der Waals surface area contributed by atoms with E-state index in [2.05, 4.69) is 0 Å². The van der Waals surface area contributed by atoms with Gasteiger partial charge in [-0.1, -0.05) is 60.7 Å². The lowest BCUT2D eigenvalue weighted by atomic mass is 10.0. The molecule has 0 unspecified atom stereocenters. The molecule has 140 valence electrons. The molecule has 2 aromatic carbocycles. The van der Waals surface area contributed by atoms with Crippen molar-refractivity contribution in [3.05, 3.63) is 72.4 Å². The first-order valence-electron chi connectivity index (χ1n) is 8.63. The minimum Gasteiger partial charge on any atom is -0.466 e. The second-order valence-corrected chi connectivity index (χ2v) is 7.96. The van der Waals surface area contributed by atoms with Gasteiger partial charge in [0.2, 0.25) is 10.0 Å². The Hall–Kier alpha value is -2.86. The van der Waals surface area contributed by atoms with Crippen LogP contribution in [0.5, 0.6) is 0 Å². The van der Waals surface area contributed by atoms with Crippen LogP contribution in [0.25, 0.3) is 22.4 Å². The fraction of sp³-hybridized carbons (Fsp3) is 0.190. The van der Waals surface area contributed by atoms with E-state index >= 15 is 0 Å². The Morgan fingerprint density at radius 1 is 0.963 bits per heavy atom. The van der Waals surface area contributed by atoms with Gasteiger partial charge >= 0.3 is 5.97 Å². The molecular formula is C21H21NO4S. The molecule has 0 saturated heterocycles. The number of ether oxygens (including phenoxy) is 1. The first-order chi connectivity index (χ1) is 12.9. The summed E-state index contributed by atoms with van der Waals surface area (Å²) in [5.41, 5.74) is 3.23. The molecule has 0 fully saturated rings. The molecule has 3 rings (SSSR count). The summed E-state index contributed by atoms with van der Waals surface area (Å²) in [4.78, 5) is 12.2. The minimum absolute atomic E-state index is 0.127. The third-order valence-corrected chi connectivity index (χ3v) is 5.24. The Kier molecular flexibility index (Phi) is 5.46. The molecule has 1 heterocycles. The molecule has 1 aromatic heterocycles. The highest BCUT2D eigenvalue weighted by molar-refractivity contribution is 7.89. The number of rotatable bonds is 6. The zero-order valence-corrected chi connectivity index (χ0v) is 16.1. The van der Waals surface area contributed by atoms with E-state index in [1.807, 2.05) is 66.7 Å². The molecule has 0 atom stereocenters. The minimum atomic E-state index is -3.65. The molecule has 0 aliphatic heterocycles. The molecule has 0 bridgehead atoms. The fourth-order valence-corrected chi connectivity index (χ4v) is 4.18. The van der Waals surface area contributed by atoms with Gasteiger partial charge in [0.05, 0.1) is 30.7 Å². The van der Waals surface area contributed by atoms with Crippen LogP contribution < -0.4 is 0 Å². The molecule has 0 N–H and O–H groups in total. The molecule has 6 heteroatoms. The van der Waals surface area contributed by atoms with Gasteiger partial charge in [-0.2, -0.15) is 0 Å². The van der Waals surface area contributed by atoms with Crippen LogP contribution in [0.3, 0.4) is 0 Å². The van der Waals surface area contributed by atoms with Crippen molar-refractivity contribution in [2.75, 3.05) is 12.9 Å². The quantitative estimate of drug-likeness (QED) is 0.608. The number of hydrogen-bond acceptors (Lipinski definition) is 4. The molecule has 3 aromatic rings. The van der Waals surface area contributed by atoms with Crippen LogP contribution in [0, 0.1) is 0 Å². The monoisotopic (exact) mass is 383 g/mol. The Morgan fingerprint density at radius 2 is 1.52 bits per heavy atom. The fourth-order valence-electron chi connectivity index (χ4n) is 3.11. The van der Waals surface area contributed by atoms with Crippen molar-refractivity contribution in [1.82, 2.24) is 3.97 Å². The summed E-state index contributed by atoms with van der Waals surface area (Å²) in [6.45, 7) is 1.96. The van der Waals surface area contributed by atoms with Gasteiger partial charge < -0.3 is 4.74 Å². The van der Waals surface area contributed by atoms with E-state index in [0.29, 0.717) is 17.0 Å². The zero-order chi connectivity index (χ0) is 19.4. The lowest BCUT2D eigenvalue weighted by Gasteiger charge is -2.12. The largest absolute Gasteiger partial charge is 0.466 e. The predicted molar refractivity (Wildman–Crippen MR) is 106 cm³/mol. The number of esters is 1. The first-order valence-corrected chi connectivity index (χ1v) is 10.5. The molecule has 0 aliphatic rings. The van der Waals surface area contributed by atoms with Crippen LogP contribution in [0.1, 0.15) is 12.6 Å². The van der Waals surface area contributed by atoms with E-state index < -0.39 is 16.0 Å². The van der Waals surface area contributed by atoms with E-state index in [-0.39, 0.29) is 13.0 Å². The van der Waals surface area contributed by atoms with Gasteiger partial charge in [0.1, 0.15) is 0 Å². The summed E-state index contributed by atoms with van der Waals surface area (Å²) in [6, 6.07) is 20.5. The van der Waals surface area contributed by atoms with Crippen molar-refractivity contribution < 1.29 is 17.9 Å². The van der Waals surface area contributed by atoms with Crippen molar-refractivity contribution in [3.8, 4) is 22.4 Å². The van der Waals surface area contributed by atoms with Crippen molar-refractivity contribution >= 4 is 16.0 Å². The van der Waals surface area contributed by atoms with Crippen LogP contribution in [-0.2, 0) is 26.0 Å². The summed E-state index contributed by atoms with van der Waals surface area (Å²) in [6.07, 6.45) is 1.01. The lowest BCUT2D eigenvalue weighted by Crippen LogP contribution is -2.18. The Labute approximate surface area is 159 Å². The number of benzene rings is 2. The summed E-state index contributed by atoms with van der Waals surface area (Å²) >= 11 is 0. The van der Waals surface area contributed by atoms with Crippen molar-refractivity contribution in [2.45, 2.75) is 13.3 Å². The number of carbonyl (C=O) groups excluding carboxylic acids is 1. The SMILES string of the molecule is CCOC(=O)Cc1c(-c2ccccc2)cc(-c2ccccc2)n1S(C)(=O)=O. The highest BCUT2D eigenvalue weighted by Gasteiger charge is 2.25. The number of nitrogens with zero attached hydrogens (tertiary/aromatic N) is 1. The van der Waals surface area contributed by atoms with Crippen LogP contribution >= 0.6 is 0 Å². The van der Waals surface area contributed by atoms with E-state index in [4.69, 9.17) is 4.74 Å². The van der Waals surface area contributed by atoms with E-state index in [0.717, 1.165) is 17.4 Å². The predicted octanol–water partition coefficient (Wildman–Crippen LogP) is 3.74. The highest BCUT2D eigenvalue weighted by Crippen LogP contribution is 2.34. The molecule has 5 nitrogen and oxygen atoms in total. The second kappa shape index (κ2) is 7.80. The molecular weight excluding hydrogens is 362 g/mol. The molecule has 0 spiro atoms. The van der Waals surface area contributed by atoms with Crippen LogP contribution in [0.4, 0.5) is 0 Å². The molecule has 0 aliphatic carbocycles. The third-order valence-electron chi connectivity index (χ3n) is 4.16. The third kappa shape index (κ3) is 4.11. The normalized spacial score (nSPS) is 11.3. The summed E-state index contributed by atoms with van der Waals surface area (Å²) in [5.74, 6) is -0.461. The number of hydrogen-bond donors (Lipinski definition) is 0. The zero-order valence-electron chi connectivity index (χ0n) is 15.3. The first kappa shape index (κ1) is 18.9. The van der Waals surface area contributed by atoms with Crippen molar-refractivity contribution in [3.63, 3.8) is 0 Å². The Balaban J connectivity index is 2.30. The average Bonchev–Trinajstić information content (AvgIpc) is 3.03. The van der Waals surface area contributed by atoms with Crippen molar-refractivity contribution in [2.24, 2.45) is 0 Å². The molecule has 0 amide bonds. The van der Waals surface area contributed by atoms with Gasteiger partial charge in [0.25, 0.3) is 0 Å². The maximum Gasteiger partial charge on any atom is 0.311 e. The van der Waals surface area contributed by atoms with E-state index in [9.17, 15) is 13.2 Å². The standard InChI is InChI=1S/C21H21NO4S/c1-3-26-21(23)15-20-18(16-10-6-4-7-11-16)14-19(22(20)27(2,24)25)17-12-8-5-9-13-17/h4-14H,3,15H2,1-2H3. The molecule has 0 radical (unpaired) electrons. The summed E-state index contributed by atoms with van der Waals surface area (Å²) in [5, 5.41) is 0. The summed E-state index contributed by atoms with van der Waals surface area (Å²) in [7, 11) is -3.65.